The molecule has 6 rings (SSSR count). The van der Waals surface area contributed by atoms with Gasteiger partial charge in [0.15, 0.2) is 0 Å². The number of benzene rings is 1. The van der Waals surface area contributed by atoms with Gasteiger partial charge in [-0.05, 0) is 66.1 Å². The number of aliphatic imine (C=N–C) groups is 1. The molecule has 2 aromatic heterocycles. The second kappa shape index (κ2) is 10.7. The van der Waals surface area contributed by atoms with Crippen LogP contribution in [0.15, 0.2) is 41.5 Å². The Morgan fingerprint density at radius 1 is 1.18 bits per heavy atom. The van der Waals surface area contributed by atoms with Gasteiger partial charge in [-0.2, -0.15) is 10.1 Å². The lowest BCUT2D eigenvalue weighted by molar-refractivity contribution is 0.100. The predicted molar refractivity (Wildman–Crippen MR) is 160 cm³/mol. The van der Waals surface area contributed by atoms with Crippen LogP contribution < -0.4 is 25.0 Å². The number of carbonyl (C=O) groups excluding carboxylic acids is 1. The van der Waals surface area contributed by atoms with Gasteiger partial charge in [0.05, 0.1) is 35.4 Å². The van der Waals surface area contributed by atoms with Crippen LogP contribution in [-0.2, 0) is 17.2 Å². The summed E-state index contributed by atoms with van der Waals surface area (Å²) >= 11 is 0. The summed E-state index contributed by atoms with van der Waals surface area (Å²) in [6.07, 6.45) is 3.50. The molecule has 3 aliphatic heterocycles. The van der Waals surface area contributed by atoms with Gasteiger partial charge in [0.2, 0.25) is 11.8 Å². The van der Waals surface area contributed by atoms with E-state index in [4.69, 9.17) is 4.74 Å². The first-order chi connectivity index (χ1) is 19.3. The summed E-state index contributed by atoms with van der Waals surface area (Å²) < 4.78 is 24.6. The van der Waals surface area contributed by atoms with Crippen molar-refractivity contribution < 1.29 is 13.7 Å². The van der Waals surface area contributed by atoms with Gasteiger partial charge in [0.1, 0.15) is 0 Å². The number of guanidine groups is 1. The molecular formula is C28H36N8O3S. The fourth-order valence-electron chi connectivity index (χ4n) is 5.48. The van der Waals surface area contributed by atoms with Crippen molar-refractivity contribution in [2.75, 3.05) is 52.7 Å². The number of nitrogens with one attached hydrogen (secondary N) is 3. The Bertz CT molecular complexity index is 1520. The molecule has 1 fully saturated rings. The van der Waals surface area contributed by atoms with E-state index in [0.29, 0.717) is 53.4 Å². The number of fused-ring (bicyclic) bond motifs is 7. The van der Waals surface area contributed by atoms with Crippen LogP contribution in [0.4, 0.5) is 17.1 Å². The first kappa shape index (κ1) is 26.5. The number of pyridine rings is 1. The third-order valence-electron chi connectivity index (χ3n) is 7.57. The van der Waals surface area contributed by atoms with Crippen LogP contribution in [0.1, 0.15) is 35.8 Å². The second-order valence-corrected chi connectivity index (χ2v) is 13.8. The molecule has 0 unspecified atom stereocenters. The molecule has 0 spiro atoms. The average Bonchev–Trinajstić information content (AvgIpc) is 3.45. The van der Waals surface area contributed by atoms with E-state index < -0.39 is 10.1 Å². The van der Waals surface area contributed by atoms with Crippen molar-refractivity contribution in [3.05, 3.63) is 47.8 Å². The smallest absolute Gasteiger partial charge is 0.280 e. The molecule has 1 saturated heterocycles. The Morgan fingerprint density at radius 2 is 2.00 bits per heavy atom. The molecule has 1 atom stereocenters. The highest BCUT2D eigenvalue weighted by Gasteiger charge is 2.29. The Hall–Kier alpha value is -3.77. The molecular weight excluding hydrogens is 528 g/mol. The largest absolute Gasteiger partial charge is 0.477 e. The highest BCUT2D eigenvalue weighted by molar-refractivity contribution is 8.04. The van der Waals surface area contributed by atoms with Crippen molar-refractivity contribution in [2.45, 2.75) is 26.7 Å². The van der Waals surface area contributed by atoms with Crippen molar-refractivity contribution in [2.24, 2.45) is 18.0 Å². The van der Waals surface area contributed by atoms with Gasteiger partial charge in [-0.15, -0.1) is 0 Å². The molecule has 1 amide bonds. The molecule has 1 aromatic carbocycles. The maximum absolute atomic E-state index is 13.5. The number of thiol groups is 1. The van der Waals surface area contributed by atoms with Crippen LogP contribution in [0.2, 0.25) is 0 Å². The van der Waals surface area contributed by atoms with Gasteiger partial charge >= 0.3 is 0 Å². The number of aryl methyl sites for hydroxylation is 2. The third kappa shape index (κ3) is 5.33. The van der Waals surface area contributed by atoms with E-state index >= 15 is 0 Å². The van der Waals surface area contributed by atoms with Crippen molar-refractivity contribution in [1.29, 1.82) is 0 Å². The maximum atomic E-state index is 13.5. The number of nitrogens with zero attached hydrogens (tertiary/aromatic N) is 5. The highest BCUT2D eigenvalue weighted by atomic mass is 32.3. The number of hydrogen-bond acceptors (Lipinski definition) is 8. The van der Waals surface area contributed by atoms with E-state index in [1.54, 1.807) is 23.0 Å². The molecule has 40 heavy (non-hydrogen) atoms. The minimum atomic E-state index is -2.49. The standard InChI is InChI=1S/C28H36N8O3S/c1-18-5-4-10-39-27-22(16-30-35(27)3)24-14-20(13-19(2)31-24)26(37)33-28-32-23-7-6-21(15-25(23)36(28)17-18)34-40(38)11-8-29-9-12-40/h6-7,13-16,18,29,40H,4-5,8-12,17H2,1-3H3,(H,34,38)(H,32,33,37)/t18-/m1/s1. The van der Waals surface area contributed by atoms with E-state index in [1.165, 1.54) is 0 Å². The van der Waals surface area contributed by atoms with Gasteiger partial charge < -0.3 is 25.0 Å². The number of hydrogen-bond donors (Lipinski definition) is 4. The lowest BCUT2D eigenvalue weighted by Crippen LogP contribution is -2.44. The minimum Gasteiger partial charge on any atom is -0.477 e. The minimum absolute atomic E-state index is 0.289. The summed E-state index contributed by atoms with van der Waals surface area (Å²) in [6.45, 7) is 6.76. The van der Waals surface area contributed by atoms with Gasteiger partial charge in [0, 0.05) is 55.1 Å². The summed E-state index contributed by atoms with van der Waals surface area (Å²) in [5.41, 5.74) is 5.11. The van der Waals surface area contributed by atoms with Crippen LogP contribution in [0.5, 0.6) is 5.88 Å². The van der Waals surface area contributed by atoms with Crippen molar-refractivity contribution in [1.82, 2.24) is 20.1 Å². The third-order valence-corrected chi connectivity index (χ3v) is 10.1. The van der Waals surface area contributed by atoms with Crippen LogP contribution in [0.25, 0.3) is 11.3 Å². The number of ether oxygens (including phenoxy) is 1. The number of anilines is 3. The number of amides is 1. The van der Waals surface area contributed by atoms with Crippen LogP contribution in [0.3, 0.4) is 0 Å². The number of aromatic nitrogens is 3. The van der Waals surface area contributed by atoms with Crippen LogP contribution in [-0.4, -0.2) is 68.6 Å². The maximum Gasteiger partial charge on any atom is 0.280 e. The monoisotopic (exact) mass is 564 g/mol. The molecule has 0 saturated carbocycles. The Kier molecular flexibility index (Phi) is 7.05. The fraction of sp³-hybridized carbons (Fsp3) is 0.429. The zero-order valence-electron chi connectivity index (χ0n) is 23.1. The number of carbonyl (C=O) groups is 1. The quantitative estimate of drug-likeness (QED) is 0.350. The molecule has 2 bridgehead atoms. The van der Waals surface area contributed by atoms with E-state index in [2.05, 4.69) is 42.3 Å². The fourth-order valence-corrected chi connectivity index (χ4v) is 7.57. The molecule has 3 aliphatic rings. The zero-order chi connectivity index (χ0) is 27.9. The first-order valence-corrected chi connectivity index (χ1v) is 15.9. The molecule has 3 aromatic rings. The molecule has 3 N–H and O–H groups in total. The normalized spacial score (nSPS) is 22.7. The van der Waals surface area contributed by atoms with E-state index in [1.807, 2.05) is 32.2 Å². The molecule has 0 radical (unpaired) electrons. The molecule has 11 nitrogen and oxygen atoms in total. The molecule has 0 aliphatic carbocycles. The van der Waals surface area contributed by atoms with E-state index in [9.17, 15) is 9.00 Å². The van der Waals surface area contributed by atoms with Gasteiger partial charge in [-0.3, -0.25) is 14.0 Å². The summed E-state index contributed by atoms with van der Waals surface area (Å²) in [6, 6.07) is 9.41. The van der Waals surface area contributed by atoms with Crippen LogP contribution >= 0.6 is 0 Å². The number of rotatable bonds is 2. The van der Waals surface area contributed by atoms with E-state index in [0.717, 1.165) is 48.6 Å². The summed E-state index contributed by atoms with van der Waals surface area (Å²) in [7, 11) is -0.653. The van der Waals surface area contributed by atoms with Gasteiger partial charge in [0.25, 0.3) is 5.91 Å². The zero-order valence-corrected chi connectivity index (χ0v) is 24.0. The Balaban J connectivity index is 1.37. The second-order valence-electron chi connectivity index (χ2n) is 10.9. The lowest BCUT2D eigenvalue weighted by Gasteiger charge is -2.31. The first-order valence-electron chi connectivity index (χ1n) is 13.8. The van der Waals surface area contributed by atoms with Crippen molar-refractivity contribution in [3.8, 4) is 17.1 Å². The van der Waals surface area contributed by atoms with Gasteiger partial charge in [-0.25, -0.2) is 4.68 Å². The van der Waals surface area contributed by atoms with Crippen molar-refractivity contribution in [3.63, 3.8) is 0 Å². The highest BCUT2D eigenvalue weighted by Crippen LogP contribution is 2.37. The topological polar surface area (TPSA) is 126 Å². The van der Waals surface area contributed by atoms with E-state index in [-0.39, 0.29) is 11.8 Å². The van der Waals surface area contributed by atoms with Crippen LogP contribution in [0, 0.1) is 12.8 Å². The lowest BCUT2D eigenvalue weighted by atomic mass is 10.1. The predicted octanol–water partition coefficient (Wildman–Crippen LogP) is 2.97. The molecule has 212 valence electrons. The summed E-state index contributed by atoms with van der Waals surface area (Å²) in [5.74, 6) is 2.30. The molecule has 5 heterocycles. The van der Waals surface area contributed by atoms with Crippen molar-refractivity contribution >= 4 is 39.0 Å². The SMILES string of the molecule is Cc1cc2cc(n1)-c1cnn(C)c1OCCC[C@@H](C)CN1/C(=N/C2=O)Nc2ccc(N[SH]3(=O)CCNCC3)cc21. The Labute approximate surface area is 235 Å². The Morgan fingerprint density at radius 3 is 2.83 bits per heavy atom. The average molecular weight is 565 g/mol. The summed E-state index contributed by atoms with van der Waals surface area (Å²) in [5, 5.41) is 11.0. The van der Waals surface area contributed by atoms with Gasteiger partial charge in [-0.1, -0.05) is 6.92 Å². The molecule has 12 heteroatoms. The summed E-state index contributed by atoms with van der Waals surface area (Å²) in [4.78, 5) is 24.8.